The smallest absolute Gasteiger partial charge is 0.316 e. The third-order valence-electron chi connectivity index (χ3n) is 5.20. The number of esters is 1. The minimum absolute atomic E-state index is 0.0329. The van der Waals surface area contributed by atoms with Gasteiger partial charge in [-0.05, 0) is 49.9 Å². The largest absolute Gasteiger partial charge is 0.426 e. The molecule has 26 heavy (non-hydrogen) atoms. The van der Waals surface area contributed by atoms with Crippen LogP contribution >= 0.6 is 0 Å². The van der Waals surface area contributed by atoms with Crippen molar-refractivity contribution in [3.8, 4) is 5.75 Å². The lowest BCUT2D eigenvalue weighted by molar-refractivity contribution is -0.149. The molecule has 1 aromatic carbocycles. The SMILES string of the molecule is Cc1cc(C)c(C)c(OC(=O)[C@@H]2CCC(=O)N(C)[C@@H]2c2cnn(C)c2)c1. The maximum atomic E-state index is 13.0. The summed E-state index contributed by atoms with van der Waals surface area (Å²) in [4.78, 5) is 26.8. The number of piperidine rings is 1. The molecule has 1 aliphatic heterocycles. The summed E-state index contributed by atoms with van der Waals surface area (Å²) >= 11 is 0. The molecule has 6 nitrogen and oxygen atoms in total. The molecule has 138 valence electrons. The molecule has 0 N–H and O–H groups in total. The number of benzene rings is 1. The van der Waals surface area contributed by atoms with Crippen LogP contribution in [0.1, 0.15) is 41.1 Å². The number of nitrogens with zero attached hydrogens (tertiary/aromatic N) is 3. The maximum absolute atomic E-state index is 13.0. The van der Waals surface area contributed by atoms with Crippen molar-refractivity contribution in [1.29, 1.82) is 0 Å². The van der Waals surface area contributed by atoms with Crippen LogP contribution in [-0.4, -0.2) is 33.6 Å². The number of aromatic nitrogens is 2. The Morgan fingerprint density at radius 2 is 1.96 bits per heavy atom. The van der Waals surface area contributed by atoms with E-state index in [-0.39, 0.29) is 17.9 Å². The van der Waals surface area contributed by atoms with Crippen molar-refractivity contribution >= 4 is 11.9 Å². The number of amides is 1. The first-order chi connectivity index (χ1) is 12.3. The van der Waals surface area contributed by atoms with Crippen molar-refractivity contribution in [3.05, 3.63) is 46.8 Å². The van der Waals surface area contributed by atoms with E-state index >= 15 is 0 Å². The molecule has 2 heterocycles. The second kappa shape index (κ2) is 6.94. The average molecular weight is 355 g/mol. The van der Waals surface area contributed by atoms with Gasteiger partial charge in [0, 0.05) is 32.3 Å². The molecule has 1 saturated heterocycles. The van der Waals surface area contributed by atoms with Gasteiger partial charge in [0.2, 0.25) is 5.91 Å². The van der Waals surface area contributed by atoms with Crippen LogP contribution in [0.5, 0.6) is 5.75 Å². The second-order valence-corrected chi connectivity index (χ2v) is 7.17. The number of hydrogen-bond donors (Lipinski definition) is 0. The van der Waals surface area contributed by atoms with Gasteiger partial charge in [-0.3, -0.25) is 14.3 Å². The molecule has 0 spiro atoms. The van der Waals surface area contributed by atoms with Crippen LogP contribution in [-0.2, 0) is 16.6 Å². The third-order valence-corrected chi connectivity index (χ3v) is 5.20. The summed E-state index contributed by atoms with van der Waals surface area (Å²) in [5, 5.41) is 4.19. The summed E-state index contributed by atoms with van der Waals surface area (Å²) in [5.74, 6) is -0.0871. The van der Waals surface area contributed by atoms with Gasteiger partial charge >= 0.3 is 5.97 Å². The zero-order chi connectivity index (χ0) is 19.0. The Kier molecular flexibility index (Phi) is 4.85. The number of likely N-dealkylation sites (tertiary alicyclic amines) is 1. The van der Waals surface area contributed by atoms with Crippen LogP contribution < -0.4 is 4.74 Å². The Hall–Kier alpha value is -2.63. The topological polar surface area (TPSA) is 64.4 Å². The van der Waals surface area contributed by atoms with Gasteiger partial charge in [0.1, 0.15) is 5.75 Å². The Morgan fingerprint density at radius 3 is 2.62 bits per heavy atom. The van der Waals surface area contributed by atoms with E-state index in [4.69, 9.17) is 4.74 Å². The van der Waals surface area contributed by atoms with Gasteiger partial charge in [-0.2, -0.15) is 5.10 Å². The zero-order valence-electron chi connectivity index (χ0n) is 15.9. The summed E-state index contributed by atoms with van der Waals surface area (Å²) in [7, 11) is 3.56. The van der Waals surface area contributed by atoms with E-state index in [1.165, 1.54) is 0 Å². The number of aryl methyl sites for hydroxylation is 3. The fourth-order valence-electron chi connectivity index (χ4n) is 3.62. The molecule has 1 aliphatic rings. The Bertz CT molecular complexity index is 856. The van der Waals surface area contributed by atoms with Crippen LogP contribution in [0, 0.1) is 26.7 Å². The lowest BCUT2D eigenvalue weighted by atomic mass is 9.86. The van der Waals surface area contributed by atoms with Crippen molar-refractivity contribution in [1.82, 2.24) is 14.7 Å². The highest BCUT2D eigenvalue weighted by molar-refractivity contribution is 5.83. The Balaban J connectivity index is 1.90. The van der Waals surface area contributed by atoms with E-state index in [0.29, 0.717) is 18.6 Å². The summed E-state index contributed by atoms with van der Waals surface area (Å²) in [6, 6.07) is 3.60. The predicted molar refractivity (Wildman–Crippen MR) is 97.7 cm³/mol. The molecule has 2 aromatic rings. The first kappa shape index (κ1) is 18.2. The minimum atomic E-state index is -0.415. The highest BCUT2D eigenvalue weighted by atomic mass is 16.5. The Morgan fingerprint density at radius 1 is 1.23 bits per heavy atom. The van der Waals surface area contributed by atoms with Crippen LogP contribution in [0.3, 0.4) is 0 Å². The molecule has 2 atom stereocenters. The van der Waals surface area contributed by atoms with Crippen LogP contribution in [0.15, 0.2) is 24.5 Å². The first-order valence-electron chi connectivity index (χ1n) is 8.81. The summed E-state index contributed by atoms with van der Waals surface area (Å²) in [6.07, 6.45) is 4.38. The minimum Gasteiger partial charge on any atom is -0.426 e. The predicted octanol–water partition coefficient (Wildman–Crippen LogP) is 2.86. The van der Waals surface area contributed by atoms with E-state index in [1.807, 2.05) is 40.1 Å². The lowest BCUT2D eigenvalue weighted by Crippen LogP contribution is -2.44. The standard InChI is InChI=1S/C20H25N3O3/c1-12-8-13(2)14(3)17(9-12)26-20(25)16-6-7-18(24)23(5)19(16)15-10-21-22(4)11-15/h8-11,16,19H,6-7H2,1-5H3/t16-,19-/m1/s1. The molecule has 3 rings (SSSR count). The van der Waals surface area contributed by atoms with Gasteiger partial charge in [-0.25, -0.2) is 0 Å². The van der Waals surface area contributed by atoms with Gasteiger partial charge in [0.15, 0.2) is 0 Å². The molecule has 6 heteroatoms. The summed E-state index contributed by atoms with van der Waals surface area (Å²) < 4.78 is 7.46. The van der Waals surface area contributed by atoms with Crippen LogP contribution in [0.25, 0.3) is 0 Å². The monoisotopic (exact) mass is 355 g/mol. The molecule has 0 aliphatic carbocycles. The molecular weight excluding hydrogens is 330 g/mol. The molecular formula is C20H25N3O3. The summed E-state index contributed by atoms with van der Waals surface area (Å²) in [6.45, 7) is 5.94. The molecule has 0 bridgehead atoms. The number of rotatable bonds is 3. The molecule has 1 fully saturated rings. The van der Waals surface area contributed by atoms with E-state index in [9.17, 15) is 9.59 Å². The van der Waals surface area contributed by atoms with Crippen molar-refractivity contribution in [2.45, 2.75) is 39.7 Å². The number of carbonyl (C=O) groups excluding carboxylic acids is 2. The lowest BCUT2D eigenvalue weighted by Gasteiger charge is -2.37. The highest BCUT2D eigenvalue weighted by Crippen LogP contribution is 2.37. The van der Waals surface area contributed by atoms with E-state index in [0.717, 1.165) is 22.3 Å². The quantitative estimate of drug-likeness (QED) is 0.627. The van der Waals surface area contributed by atoms with Crippen molar-refractivity contribution in [2.75, 3.05) is 7.05 Å². The van der Waals surface area contributed by atoms with Crippen LogP contribution in [0.4, 0.5) is 0 Å². The first-order valence-corrected chi connectivity index (χ1v) is 8.81. The molecule has 0 radical (unpaired) electrons. The van der Waals surface area contributed by atoms with Gasteiger partial charge in [0.05, 0.1) is 18.2 Å². The fourth-order valence-corrected chi connectivity index (χ4v) is 3.62. The number of hydrogen-bond acceptors (Lipinski definition) is 4. The van der Waals surface area contributed by atoms with Gasteiger partial charge < -0.3 is 9.64 Å². The van der Waals surface area contributed by atoms with Gasteiger partial charge in [0.25, 0.3) is 0 Å². The van der Waals surface area contributed by atoms with Crippen molar-refractivity contribution in [3.63, 3.8) is 0 Å². The molecule has 0 unspecified atom stereocenters. The molecule has 0 saturated carbocycles. The Labute approximate surface area is 153 Å². The number of carbonyl (C=O) groups is 2. The van der Waals surface area contributed by atoms with Crippen LogP contribution in [0.2, 0.25) is 0 Å². The molecule has 1 amide bonds. The normalized spacial score (nSPS) is 20.3. The maximum Gasteiger partial charge on any atom is 0.316 e. The second-order valence-electron chi connectivity index (χ2n) is 7.17. The average Bonchev–Trinajstić information content (AvgIpc) is 3.00. The highest BCUT2D eigenvalue weighted by Gasteiger charge is 2.40. The van der Waals surface area contributed by atoms with E-state index in [1.54, 1.807) is 22.8 Å². The fraction of sp³-hybridized carbons (Fsp3) is 0.450. The van der Waals surface area contributed by atoms with E-state index in [2.05, 4.69) is 11.2 Å². The summed E-state index contributed by atoms with van der Waals surface area (Å²) in [5.41, 5.74) is 3.95. The van der Waals surface area contributed by atoms with Gasteiger partial charge in [-0.15, -0.1) is 0 Å². The van der Waals surface area contributed by atoms with Crippen molar-refractivity contribution in [2.24, 2.45) is 13.0 Å². The third kappa shape index (κ3) is 3.36. The van der Waals surface area contributed by atoms with Crippen molar-refractivity contribution < 1.29 is 14.3 Å². The van der Waals surface area contributed by atoms with E-state index < -0.39 is 5.92 Å². The van der Waals surface area contributed by atoms with Gasteiger partial charge in [-0.1, -0.05) is 6.07 Å². The number of ether oxygens (including phenoxy) is 1. The zero-order valence-corrected chi connectivity index (χ0v) is 15.9. The molecule has 1 aromatic heterocycles.